The summed E-state index contributed by atoms with van der Waals surface area (Å²) in [5.74, 6) is -0.159. The molecule has 2 aromatic rings. The van der Waals surface area contributed by atoms with E-state index in [0.717, 1.165) is 36.1 Å². The van der Waals surface area contributed by atoms with E-state index < -0.39 is 4.92 Å². The number of hydrogen-bond acceptors (Lipinski definition) is 5. The number of benzene rings is 1. The number of fused-ring (bicyclic) bond motifs is 1. The monoisotopic (exact) mass is 362 g/mol. The molecule has 3 rings (SSSR count). The van der Waals surface area contributed by atoms with Gasteiger partial charge in [0.15, 0.2) is 5.78 Å². The molecule has 0 radical (unpaired) electrons. The van der Waals surface area contributed by atoms with Gasteiger partial charge in [0, 0.05) is 15.4 Å². The minimum Gasteiger partial charge on any atom is -0.288 e. The average Bonchev–Trinajstić information content (AvgIpc) is 2.92. The SMILES string of the molecule is O=C(c1ccccc1Cl)c1c(N=CC[N+](=O)[O-])sc2c1CCCC2. The maximum Gasteiger partial charge on any atom is 0.238 e. The second kappa shape index (κ2) is 7.23. The second-order valence-electron chi connectivity index (χ2n) is 5.53. The van der Waals surface area contributed by atoms with Crippen LogP contribution in [-0.4, -0.2) is 23.5 Å². The molecule has 1 aliphatic rings. The quantitative estimate of drug-likeness (QED) is 0.340. The maximum atomic E-state index is 13.0. The van der Waals surface area contributed by atoms with Crippen LogP contribution in [0.2, 0.25) is 5.02 Å². The summed E-state index contributed by atoms with van der Waals surface area (Å²) in [4.78, 5) is 28.5. The highest BCUT2D eigenvalue weighted by Crippen LogP contribution is 2.41. The van der Waals surface area contributed by atoms with Gasteiger partial charge in [-0.25, -0.2) is 4.99 Å². The summed E-state index contributed by atoms with van der Waals surface area (Å²) in [7, 11) is 0. The second-order valence-corrected chi connectivity index (χ2v) is 7.02. The fourth-order valence-corrected chi connectivity index (χ4v) is 4.32. The fraction of sp³-hybridized carbons (Fsp3) is 0.294. The van der Waals surface area contributed by atoms with Crippen LogP contribution in [0, 0.1) is 10.1 Å². The molecule has 1 aliphatic carbocycles. The Kier molecular flexibility index (Phi) is 5.06. The minimum atomic E-state index is -0.452. The molecule has 24 heavy (non-hydrogen) atoms. The molecule has 1 aromatic carbocycles. The predicted molar refractivity (Wildman–Crippen MR) is 95.9 cm³/mol. The van der Waals surface area contributed by atoms with Gasteiger partial charge in [0.25, 0.3) is 0 Å². The topological polar surface area (TPSA) is 72.6 Å². The molecule has 0 N–H and O–H groups in total. The van der Waals surface area contributed by atoms with Gasteiger partial charge >= 0.3 is 0 Å². The molecule has 0 spiro atoms. The van der Waals surface area contributed by atoms with E-state index >= 15 is 0 Å². The number of halogens is 1. The number of aryl methyl sites for hydroxylation is 1. The lowest BCUT2D eigenvalue weighted by Crippen LogP contribution is -2.08. The number of ketones is 1. The highest BCUT2D eigenvalue weighted by molar-refractivity contribution is 7.16. The van der Waals surface area contributed by atoms with E-state index in [1.54, 1.807) is 24.3 Å². The van der Waals surface area contributed by atoms with Gasteiger partial charge in [-0.05, 0) is 43.4 Å². The molecule has 0 amide bonds. The van der Waals surface area contributed by atoms with Gasteiger partial charge in [0.1, 0.15) is 5.00 Å². The molecule has 1 aromatic heterocycles. The van der Waals surface area contributed by atoms with Crippen LogP contribution in [0.4, 0.5) is 5.00 Å². The van der Waals surface area contributed by atoms with E-state index in [0.29, 0.717) is 21.2 Å². The van der Waals surface area contributed by atoms with Gasteiger partial charge in [-0.2, -0.15) is 0 Å². The Morgan fingerprint density at radius 2 is 2.08 bits per heavy atom. The summed E-state index contributed by atoms with van der Waals surface area (Å²) in [6, 6.07) is 6.93. The van der Waals surface area contributed by atoms with Crippen molar-refractivity contribution in [2.24, 2.45) is 4.99 Å². The highest BCUT2D eigenvalue weighted by Gasteiger charge is 2.26. The van der Waals surface area contributed by atoms with Crippen LogP contribution in [0.1, 0.15) is 39.2 Å². The number of aliphatic imine (C=N–C) groups is 1. The zero-order valence-electron chi connectivity index (χ0n) is 12.8. The van der Waals surface area contributed by atoms with Crippen LogP contribution in [0.5, 0.6) is 0 Å². The molecule has 0 atom stereocenters. The third-order valence-electron chi connectivity index (χ3n) is 3.94. The van der Waals surface area contributed by atoms with Crippen molar-refractivity contribution in [3.63, 3.8) is 0 Å². The summed E-state index contributed by atoms with van der Waals surface area (Å²) in [6.07, 6.45) is 5.13. The van der Waals surface area contributed by atoms with Crippen LogP contribution in [0.3, 0.4) is 0 Å². The van der Waals surface area contributed by atoms with Crippen molar-refractivity contribution in [2.75, 3.05) is 6.54 Å². The Balaban J connectivity index is 2.06. The summed E-state index contributed by atoms with van der Waals surface area (Å²) < 4.78 is 0. The standard InChI is InChI=1S/C17H15ClN2O3S/c18-13-7-3-1-5-11(13)16(21)15-12-6-2-4-8-14(12)24-17(15)19-9-10-20(22)23/h1,3,5,7,9H,2,4,6,8,10H2. The molecule has 0 saturated heterocycles. The third kappa shape index (κ3) is 3.39. The molecular weight excluding hydrogens is 348 g/mol. The molecule has 124 valence electrons. The molecule has 0 fully saturated rings. The van der Waals surface area contributed by atoms with E-state index in [2.05, 4.69) is 4.99 Å². The van der Waals surface area contributed by atoms with E-state index in [9.17, 15) is 14.9 Å². The Morgan fingerprint density at radius 3 is 2.83 bits per heavy atom. The predicted octanol–water partition coefficient (Wildman–Crippen LogP) is 4.49. The summed E-state index contributed by atoms with van der Waals surface area (Å²) >= 11 is 7.63. The average molecular weight is 363 g/mol. The van der Waals surface area contributed by atoms with Gasteiger partial charge in [0.2, 0.25) is 6.54 Å². The van der Waals surface area contributed by atoms with Gasteiger partial charge in [-0.15, -0.1) is 11.3 Å². The number of carbonyl (C=O) groups excluding carboxylic acids is 1. The number of rotatable bonds is 5. The molecule has 0 saturated carbocycles. The van der Waals surface area contributed by atoms with E-state index in [1.807, 2.05) is 0 Å². The van der Waals surface area contributed by atoms with Crippen LogP contribution < -0.4 is 0 Å². The number of thiophene rings is 1. The van der Waals surface area contributed by atoms with Crippen molar-refractivity contribution >= 4 is 39.9 Å². The molecule has 1 heterocycles. The smallest absolute Gasteiger partial charge is 0.238 e. The van der Waals surface area contributed by atoms with Crippen LogP contribution >= 0.6 is 22.9 Å². The largest absolute Gasteiger partial charge is 0.288 e. The minimum absolute atomic E-state index is 0.159. The van der Waals surface area contributed by atoms with Crippen LogP contribution in [0.15, 0.2) is 29.3 Å². The normalized spacial score (nSPS) is 13.9. The molecule has 0 bridgehead atoms. The Labute approximate surface area is 148 Å². The van der Waals surface area contributed by atoms with Gasteiger partial charge in [0.05, 0.1) is 16.8 Å². The van der Waals surface area contributed by atoms with E-state index in [4.69, 9.17) is 11.6 Å². The maximum absolute atomic E-state index is 13.0. The first-order valence-electron chi connectivity index (χ1n) is 7.66. The Hall–Kier alpha value is -2.05. The lowest BCUT2D eigenvalue weighted by molar-refractivity contribution is -0.462. The molecule has 0 aliphatic heterocycles. The molecule has 7 heteroatoms. The Bertz CT molecular complexity index is 829. The van der Waals surface area contributed by atoms with Crippen molar-refractivity contribution in [3.8, 4) is 0 Å². The van der Waals surface area contributed by atoms with E-state index in [-0.39, 0.29) is 12.3 Å². The lowest BCUT2D eigenvalue weighted by Gasteiger charge is -2.12. The zero-order valence-corrected chi connectivity index (χ0v) is 14.4. The van der Waals surface area contributed by atoms with Crippen molar-refractivity contribution in [1.29, 1.82) is 0 Å². The van der Waals surface area contributed by atoms with Crippen molar-refractivity contribution < 1.29 is 9.72 Å². The van der Waals surface area contributed by atoms with Crippen molar-refractivity contribution in [2.45, 2.75) is 25.7 Å². The summed E-state index contributed by atoms with van der Waals surface area (Å²) in [6.45, 7) is -0.359. The summed E-state index contributed by atoms with van der Waals surface area (Å²) in [5.41, 5.74) is 2.03. The first-order valence-corrected chi connectivity index (χ1v) is 8.85. The highest BCUT2D eigenvalue weighted by atomic mass is 35.5. The van der Waals surface area contributed by atoms with Gasteiger partial charge < -0.3 is 0 Å². The molecular formula is C17H15ClN2O3S. The van der Waals surface area contributed by atoms with Crippen molar-refractivity contribution in [1.82, 2.24) is 0 Å². The van der Waals surface area contributed by atoms with Gasteiger partial charge in [-0.1, -0.05) is 23.7 Å². The van der Waals surface area contributed by atoms with E-state index in [1.165, 1.54) is 17.6 Å². The lowest BCUT2D eigenvalue weighted by atomic mass is 9.92. The zero-order chi connectivity index (χ0) is 17.1. The number of carbonyl (C=O) groups is 1. The van der Waals surface area contributed by atoms with Crippen LogP contribution in [-0.2, 0) is 12.8 Å². The van der Waals surface area contributed by atoms with Crippen molar-refractivity contribution in [3.05, 3.63) is 61.0 Å². The van der Waals surface area contributed by atoms with Gasteiger partial charge in [-0.3, -0.25) is 14.9 Å². The Morgan fingerprint density at radius 1 is 1.33 bits per heavy atom. The van der Waals surface area contributed by atoms with Crippen LogP contribution in [0.25, 0.3) is 0 Å². The summed E-state index contributed by atoms with van der Waals surface area (Å²) in [5, 5.41) is 11.5. The number of hydrogen-bond donors (Lipinski definition) is 0. The number of nitrogens with zero attached hydrogens (tertiary/aromatic N) is 2. The fourth-order valence-electron chi connectivity index (χ4n) is 2.85. The molecule has 0 unspecified atom stereocenters. The third-order valence-corrected chi connectivity index (χ3v) is 5.47. The number of nitro groups is 1. The molecule has 5 nitrogen and oxygen atoms in total. The first-order chi connectivity index (χ1) is 11.6. The first kappa shape index (κ1) is 16.8.